The van der Waals surface area contributed by atoms with E-state index in [1.165, 1.54) is 11.3 Å². The van der Waals surface area contributed by atoms with E-state index < -0.39 is 0 Å². The number of rotatable bonds is 8. The van der Waals surface area contributed by atoms with Crippen LogP contribution in [-0.4, -0.2) is 51.8 Å². The maximum absolute atomic E-state index is 13.3. The quantitative estimate of drug-likeness (QED) is 0.540. The highest BCUT2D eigenvalue weighted by molar-refractivity contribution is 7.22. The first kappa shape index (κ1) is 20.8. The van der Waals surface area contributed by atoms with Crippen LogP contribution in [0.1, 0.15) is 37.0 Å². The number of likely N-dealkylation sites (N-methyl/N-ethyl adjacent to an activating group) is 1. The first-order valence-corrected chi connectivity index (χ1v) is 10.8. The summed E-state index contributed by atoms with van der Waals surface area (Å²) in [7, 11) is 0. The summed E-state index contributed by atoms with van der Waals surface area (Å²) in [5, 5.41) is 5.73. The zero-order valence-electron chi connectivity index (χ0n) is 16.8. The van der Waals surface area contributed by atoms with E-state index in [-0.39, 0.29) is 5.91 Å². The molecule has 150 valence electrons. The van der Waals surface area contributed by atoms with Crippen molar-refractivity contribution in [3.8, 4) is 0 Å². The van der Waals surface area contributed by atoms with Gasteiger partial charge in [-0.1, -0.05) is 42.9 Å². The molecule has 3 rings (SSSR count). The summed E-state index contributed by atoms with van der Waals surface area (Å²) >= 11 is 7.79. The van der Waals surface area contributed by atoms with Crippen molar-refractivity contribution in [3.05, 3.63) is 40.7 Å². The summed E-state index contributed by atoms with van der Waals surface area (Å²) in [5.41, 5.74) is 2.16. The summed E-state index contributed by atoms with van der Waals surface area (Å²) < 4.78 is 2.81. The van der Waals surface area contributed by atoms with Gasteiger partial charge < -0.3 is 4.90 Å². The largest absolute Gasteiger partial charge is 0.302 e. The second-order valence-corrected chi connectivity index (χ2v) is 7.97. The fourth-order valence-electron chi connectivity index (χ4n) is 3.16. The van der Waals surface area contributed by atoms with Crippen molar-refractivity contribution in [3.63, 3.8) is 0 Å². The van der Waals surface area contributed by atoms with Gasteiger partial charge >= 0.3 is 0 Å². The van der Waals surface area contributed by atoms with Crippen LogP contribution in [0, 0.1) is 6.92 Å². The molecule has 28 heavy (non-hydrogen) atoms. The average Bonchev–Trinajstić information content (AvgIpc) is 3.29. The molecule has 1 amide bonds. The summed E-state index contributed by atoms with van der Waals surface area (Å²) in [6.45, 7) is 12.2. The molecule has 0 radical (unpaired) electrons. The monoisotopic (exact) mass is 419 g/mol. The van der Waals surface area contributed by atoms with E-state index in [4.69, 9.17) is 11.6 Å². The number of aryl methyl sites for hydroxylation is 2. The molecule has 0 fully saturated rings. The molecule has 0 spiro atoms. The maximum atomic E-state index is 13.3. The van der Waals surface area contributed by atoms with Crippen LogP contribution in [0.3, 0.4) is 0 Å². The van der Waals surface area contributed by atoms with E-state index in [9.17, 15) is 4.79 Å². The Labute approximate surface area is 174 Å². The number of benzene rings is 1. The van der Waals surface area contributed by atoms with E-state index in [1.54, 1.807) is 4.90 Å². The Hall–Kier alpha value is -1.96. The minimum Gasteiger partial charge on any atom is -0.302 e. The lowest BCUT2D eigenvalue weighted by atomic mass is 10.3. The van der Waals surface area contributed by atoms with Crippen LogP contribution in [-0.2, 0) is 6.54 Å². The van der Waals surface area contributed by atoms with Gasteiger partial charge in [0.25, 0.3) is 5.91 Å². The number of hydrogen-bond donors (Lipinski definition) is 0. The molecule has 0 saturated heterocycles. The Kier molecular flexibility index (Phi) is 6.69. The Morgan fingerprint density at radius 3 is 2.57 bits per heavy atom. The highest BCUT2D eigenvalue weighted by atomic mass is 35.5. The van der Waals surface area contributed by atoms with E-state index in [0.717, 1.165) is 42.1 Å². The molecule has 0 atom stereocenters. The van der Waals surface area contributed by atoms with Gasteiger partial charge in [-0.3, -0.25) is 14.4 Å². The van der Waals surface area contributed by atoms with Gasteiger partial charge in [-0.25, -0.2) is 4.98 Å². The molecule has 2 aromatic heterocycles. The molecule has 0 aliphatic heterocycles. The number of carbonyl (C=O) groups excluding carboxylic acids is 1. The van der Waals surface area contributed by atoms with Crippen LogP contribution in [0.5, 0.6) is 0 Å². The number of para-hydroxylation sites is 1. The maximum Gasteiger partial charge on any atom is 0.280 e. The lowest BCUT2D eigenvalue weighted by Gasteiger charge is -2.24. The predicted molar refractivity (Wildman–Crippen MR) is 117 cm³/mol. The third-order valence-electron chi connectivity index (χ3n) is 4.87. The third-order valence-corrected chi connectivity index (χ3v) is 6.22. The van der Waals surface area contributed by atoms with Crippen LogP contribution in [0.25, 0.3) is 10.2 Å². The van der Waals surface area contributed by atoms with Crippen LogP contribution < -0.4 is 4.90 Å². The number of anilines is 1. The average molecular weight is 420 g/mol. The number of carbonyl (C=O) groups is 1. The lowest BCUT2D eigenvalue weighted by molar-refractivity contribution is 0.0978. The van der Waals surface area contributed by atoms with Gasteiger partial charge in [0.2, 0.25) is 0 Å². The highest BCUT2D eigenvalue weighted by Crippen LogP contribution is 2.33. The van der Waals surface area contributed by atoms with Crippen LogP contribution in [0.15, 0.2) is 24.3 Å². The van der Waals surface area contributed by atoms with E-state index in [2.05, 4.69) is 28.8 Å². The fourth-order valence-corrected chi connectivity index (χ4v) is 4.45. The molecule has 0 bridgehead atoms. The van der Waals surface area contributed by atoms with Crippen molar-refractivity contribution >= 4 is 44.2 Å². The molecule has 8 heteroatoms. The third kappa shape index (κ3) is 4.21. The number of hydrogen-bond acceptors (Lipinski definition) is 5. The number of halogens is 1. The van der Waals surface area contributed by atoms with E-state index in [0.29, 0.717) is 22.4 Å². The molecule has 0 aliphatic rings. The normalized spacial score (nSPS) is 11.5. The van der Waals surface area contributed by atoms with Crippen molar-refractivity contribution in [1.29, 1.82) is 0 Å². The number of amides is 1. The van der Waals surface area contributed by atoms with Crippen LogP contribution in [0.2, 0.25) is 5.02 Å². The van der Waals surface area contributed by atoms with E-state index in [1.807, 2.05) is 42.8 Å². The molecule has 2 heterocycles. The molecule has 6 nitrogen and oxygen atoms in total. The van der Waals surface area contributed by atoms with Crippen molar-refractivity contribution in [2.24, 2.45) is 0 Å². The molecule has 0 unspecified atom stereocenters. The SMILES string of the molecule is CCN(CC)CCN(C(=O)c1cc(C)n(CC)n1)c1nc2c(Cl)cccc2s1. The second-order valence-electron chi connectivity index (χ2n) is 6.55. The van der Waals surface area contributed by atoms with Gasteiger partial charge in [0.15, 0.2) is 10.8 Å². The Morgan fingerprint density at radius 1 is 1.21 bits per heavy atom. The van der Waals surface area contributed by atoms with E-state index >= 15 is 0 Å². The standard InChI is InChI=1S/C20H26ClN5OS/c1-5-24(6-2)11-12-25(19(27)16-13-14(4)26(7-3)23-16)20-22-18-15(21)9-8-10-17(18)28-20/h8-10,13H,5-7,11-12H2,1-4H3. The van der Waals surface area contributed by atoms with Gasteiger partial charge in [-0.05, 0) is 45.1 Å². The minimum atomic E-state index is -0.127. The van der Waals surface area contributed by atoms with Gasteiger partial charge in [-0.2, -0.15) is 5.10 Å². The minimum absolute atomic E-state index is 0.127. The predicted octanol–water partition coefficient (Wildman–Crippen LogP) is 4.46. The highest BCUT2D eigenvalue weighted by Gasteiger charge is 2.24. The zero-order valence-corrected chi connectivity index (χ0v) is 18.3. The fraction of sp³-hybridized carbons (Fsp3) is 0.450. The first-order chi connectivity index (χ1) is 13.5. The molecule has 0 N–H and O–H groups in total. The Balaban J connectivity index is 1.97. The molecular formula is C20H26ClN5OS. The molecule has 1 aromatic carbocycles. The van der Waals surface area contributed by atoms with Crippen LogP contribution in [0.4, 0.5) is 5.13 Å². The first-order valence-electron chi connectivity index (χ1n) is 9.62. The number of fused-ring (bicyclic) bond motifs is 1. The second kappa shape index (κ2) is 9.03. The number of nitrogens with zero attached hydrogens (tertiary/aromatic N) is 5. The summed E-state index contributed by atoms with van der Waals surface area (Å²) in [6, 6.07) is 7.55. The Bertz CT molecular complexity index is 963. The van der Waals surface area contributed by atoms with Gasteiger partial charge in [0.05, 0.1) is 9.72 Å². The number of thiazole rings is 1. The summed E-state index contributed by atoms with van der Waals surface area (Å²) in [4.78, 5) is 22.0. The lowest BCUT2D eigenvalue weighted by Crippen LogP contribution is -2.39. The van der Waals surface area contributed by atoms with Gasteiger partial charge in [0, 0.05) is 25.3 Å². The number of aromatic nitrogens is 3. The molecular weight excluding hydrogens is 394 g/mol. The van der Waals surface area contributed by atoms with Crippen molar-refractivity contribution in [1.82, 2.24) is 19.7 Å². The molecule has 3 aromatic rings. The summed E-state index contributed by atoms with van der Waals surface area (Å²) in [5.74, 6) is -0.127. The van der Waals surface area contributed by atoms with Gasteiger partial charge in [0.1, 0.15) is 5.52 Å². The van der Waals surface area contributed by atoms with Crippen molar-refractivity contribution in [2.75, 3.05) is 31.1 Å². The van der Waals surface area contributed by atoms with Gasteiger partial charge in [-0.15, -0.1) is 0 Å². The van der Waals surface area contributed by atoms with Crippen LogP contribution >= 0.6 is 22.9 Å². The topological polar surface area (TPSA) is 54.3 Å². The molecule has 0 saturated carbocycles. The smallest absolute Gasteiger partial charge is 0.280 e. The van der Waals surface area contributed by atoms with Crippen molar-refractivity contribution in [2.45, 2.75) is 34.2 Å². The zero-order chi connectivity index (χ0) is 20.3. The molecule has 0 aliphatic carbocycles. The van der Waals surface area contributed by atoms with Crippen molar-refractivity contribution < 1.29 is 4.79 Å². The Morgan fingerprint density at radius 2 is 1.96 bits per heavy atom. The summed E-state index contributed by atoms with van der Waals surface area (Å²) in [6.07, 6.45) is 0.